The van der Waals surface area contributed by atoms with Crippen molar-refractivity contribution in [2.24, 2.45) is 4.99 Å². The molecule has 1 fully saturated rings. The van der Waals surface area contributed by atoms with Gasteiger partial charge in [0.15, 0.2) is 4.80 Å². The van der Waals surface area contributed by atoms with Gasteiger partial charge >= 0.3 is 11.9 Å². The maximum absolute atomic E-state index is 12.7. The second kappa shape index (κ2) is 13.4. The number of methoxy groups -OCH3 is 1. The molecule has 2 amide bonds. The summed E-state index contributed by atoms with van der Waals surface area (Å²) < 4.78 is 12.1. The van der Waals surface area contributed by atoms with Crippen LogP contribution in [-0.4, -0.2) is 84.6 Å². The van der Waals surface area contributed by atoms with Crippen LogP contribution in [0.25, 0.3) is 10.2 Å². The highest BCUT2D eigenvalue weighted by atomic mass is 32.2. The van der Waals surface area contributed by atoms with Gasteiger partial charge in [0.25, 0.3) is 5.91 Å². The summed E-state index contributed by atoms with van der Waals surface area (Å²) in [6.07, 6.45) is 0. The number of ether oxygens (including phenoxy) is 2. The molecule has 1 aliphatic heterocycles. The van der Waals surface area contributed by atoms with E-state index in [1.165, 1.54) is 30.2 Å². The summed E-state index contributed by atoms with van der Waals surface area (Å²) in [5.74, 6) is -1.16. The molecule has 2 heterocycles. The number of esters is 2. The number of rotatable bonds is 9. The van der Waals surface area contributed by atoms with Crippen molar-refractivity contribution < 1.29 is 28.7 Å². The summed E-state index contributed by atoms with van der Waals surface area (Å²) in [5.41, 5.74) is 2.14. The Morgan fingerprint density at radius 2 is 1.74 bits per heavy atom. The number of anilines is 1. The molecule has 1 aromatic heterocycles. The summed E-state index contributed by atoms with van der Waals surface area (Å²) in [6, 6.07) is 15.0. The number of carbonyl (C=O) groups is 4. The number of nitrogens with zero attached hydrogens (tertiary/aromatic N) is 4. The average Bonchev–Trinajstić information content (AvgIpc) is 3.28. The molecule has 1 saturated heterocycles. The summed E-state index contributed by atoms with van der Waals surface area (Å²) in [6.45, 7) is 4.61. The number of hydrogen-bond donors (Lipinski definition) is 0. The van der Waals surface area contributed by atoms with Crippen LogP contribution in [0.3, 0.4) is 0 Å². The minimum atomic E-state index is -0.487. The molecule has 0 atom stereocenters. The molecule has 206 valence electrons. The number of carbonyl (C=O) groups excluding carboxylic acids is 4. The van der Waals surface area contributed by atoms with Crippen LogP contribution in [0.5, 0.6) is 0 Å². The smallest absolute Gasteiger partial charge is 0.337 e. The van der Waals surface area contributed by atoms with Crippen LogP contribution < -0.4 is 9.70 Å². The molecular formula is C27H30N4O6S2. The SMILES string of the molecule is CCOC(=O)Cn1c(=NC(=O)CSCC(=O)N2CCN(c3ccccc3)CC2)sc2cc(C(=O)OC)ccc21. The van der Waals surface area contributed by atoms with Crippen molar-refractivity contribution in [3.05, 3.63) is 58.9 Å². The largest absolute Gasteiger partial charge is 0.465 e. The maximum atomic E-state index is 12.7. The fourth-order valence-electron chi connectivity index (χ4n) is 4.20. The van der Waals surface area contributed by atoms with Crippen molar-refractivity contribution in [2.45, 2.75) is 13.5 Å². The maximum Gasteiger partial charge on any atom is 0.337 e. The molecule has 0 aliphatic carbocycles. The number of aromatic nitrogens is 1. The highest BCUT2D eigenvalue weighted by molar-refractivity contribution is 8.00. The fraction of sp³-hybridized carbons (Fsp3) is 0.370. The first-order valence-corrected chi connectivity index (χ1v) is 14.5. The number of thioether (sulfide) groups is 1. The van der Waals surface area contributed by atoms with Crippen LogP contribution in [0.2, 0.25) is 0 Å². The van der Waals surface area contributed by atoms with Crippen molar-refractivity contribution in [3.8, 4) is 0 Å². The average molecular weight is 571 g/mol. The van der Waals surface area contributed by atoms with Crippen molar-refractivity contribution in [3.63, 3.8) is 0 Å². The molecule has 0 N–H and O–H groups in total. The van der Waals surface area contributed by atoms with Crippen molar-refractivity contribution in [2.75, 3.05) is 56.3 Å². The van der Waals surface area contributed by atoms with Gasteiger partial charge in [0, 0.05) is 31.9 Å². The lowest BCUT2D eigenvalue weighted by molar-refractivity contribution is -0.143. The minimum absolute atomic E-state index is 0.00455. The molecule has 0 unspecified atom stereocenters. The molecule has 10 nitrogen and oxygen atoms in total. The van der Waals surface area contributed by atoms with Gasteiger partial charge in [0.2, 0.25) is 5.91 Å². The van der Waals surface area contributed by atoms with E-state index in [4.69, 9.17) is 9.47 Å². The molecule has 39 heavy (non-hydrogen) atoms. The fourth-order valence-corrected chi connectivity index (χ4v) is 5.99. The minimum Gasteiger partial charge on any atom is -0.465 e. The third-order valence-electron chi connectivity index (χ3n) is 6.12. The van der Waals surface area contributed by atoms with Crippen molar-refractivity contribution in [1.82, 2.24) is 9.47 Å². The highest BCUT2D eigenvalue weighted by Gasteiger charge is 2.21. The molecule has 3 aromatic rings. The van der Waals surface area contributed by atoms with E-state index in [0.717, 1.165) is 18.8 Å². The highest BCUT2D eigenvalue weighted by Crippen LogP contribution is 2.20. The van der Waals surface area contributed by atoms with E-state index < -0.39 is 17.8 Å². The molecule has 2 aromatic carbocycles. The van der Waals surface area contributed by atoms with Gasteiger partial charge in [0.05, 0.1) is 41.0 Å². The lowest BCUT2D eigenvalue weighted by Crippen LogP contribution is -2.49. The quantitative estimate of drug-likeness (QED) is 0.361. The molecule has 1 aliphatic rings. The van der Waals surface area contributed by atoms with Crippen molar-refractivity contribution >= 4 is 62.8 Å². The lowest BCUT2D eigenvalue weighted by Gasteiger charge is -2.36. The zero-order valence-corrected chi connectivity index (χ0v) is 23.5. The molecule has 0 spiro atoms. The van der Waals surface area contributed by atoms with Crippen molar-refractivity contribution in [1.29, 1.82) is 0 Å². The topological polar surface area (TPSA) is 111 Å². The van der Waals surface area contributed by atoms with E-state index >= 15 is 0 Å². The second-order valence-corrected chi connectivity index (χ2v) is 10.6. The van der Waals surface area contributed by atoms with Gasteiger partial charge in [0.1, 0.15) is 6.54 Å². The predicted molar refractivity (Wildman–Crippen MR) is 151 cm³/mol. The second-order valence-electron chi connectivity index (χ2n) is 8.65. The summed E-state index contributed by atoms with van der Waals surface area (Å²) in [7, 11) is 1.30. The van der Waals surface area contributed by atoms with E-state index in [-0.39, 0.29) is 30.6 Å². The third kappa shape index (κ3) is 7.27. The summed E-state index contributed by atoms with van der Waals surface area (Å²) >= 11 is 2.40. The van der Waals surface area contributed by atoms with E-state index in [9.17, 15) is 19.2 Å². The molecule has 0 radical (unpaired) electrons. The van der Waals surface area contributed by atoms with Gasteiger partial charge in [-0.15, -0.1) is 11.8 Å². The number of piperazine rings is 1. The number of hydrogen-bond acceptors (Lipinski definition) is 9. The Hall–Kier alpha value is -3.64. The van der Waals surface area contributed by atoms with Gasteiger partial charge in [-0.25, -0.2) is 4.79 Å². The zero-order valence-electron chi connectivity index (χ0n) is 21.8. The first-order chi connectivity index (χ1) is 18.9. The third-order valence-corrected chi connectivity index (χ3v) is 8.06. The number of amides is 2. The Kier molecular flexibility index (Phi) is 9.77. The summed E-state index contributed by atoms with van der Waals surface area (Å²) in [5, 5.41) is 0. The van der Waals surface area contributed by atoms with E-state index in [1.54, 1.807) is 29.7 Å². The number of para-hydroxylation sites is 1. The van der Waals surface area contributed by atoms with Crippen LogP contribution >= 0.6 is 23.1 Å². The van der Waals surface area contributed by atoms with Gasteiger partial charge < -0.3 is 23.8 Å². The van der Waals surface area contributed by atoms with E-state index in [0.29, 0.717) is 33.7 Å². The Bertz CT molecular complexity index is 1410. The zero-order chi connectivity index (χ0) is 27.8. The molecule has 12 heteroatoms. The number of thiazole rings is 1. The molecular weight excluding hydrogens is 540 g/mol. The van der Waals surface area contributed by atoms with Crippen LogP contribution in [0.1, 0.15) is 17.3 Å². The van der Waals surface area contributed by atoms with Gasteiger partial charge in [-0.3, -0.25) is 14.4 Å². The van der Waals surface area contributed by atoms with Crippen LogP contribution in [0, 0.1) is 0 Å². The van der Waals surface area contributed by atoms with Crippen LogP contribution in [0.15, 0.2) is 53.5 Å². The monoisotopic (exact) mass is 570 g/mol. The van der Waals surface area contributed by atoms with Gasteiger partial charge in [-0.2, -0.15) is 4.99 Å². The predicted octanol–water partition coefficient (Wildman–Crippen LogP) is 2.56. The number of benzene rings is 2. The summed E-state index contributed by atoms with van der Waals surface area (Å²) in [4.78, 5) is 58.2. The van der Waals surface area contributed by atoms with Crippen LogP contribution in [0.4, 0.5) is 5.69 Å². The number of fused-ring (bicyclic) bond motifs is 1. The molecule has 0 saturated carbocycles. The van der Waals surface area contributed by atoms with Gasteiger partial charge in [-0.05, 0) is 37.3 Å². The lowest BCUT2D eigenvalue weighted by atomic mass is 10.2. The van der Waals surface area contributed by atoms with E-state index in [2.05, 4.69) is 22.0 Å². The Morgan fingerprint density at radius 1 is 1.00 bits per heavy atom. The van der Waals surface area contributed by atoms with Crippen LogP contribution in [-0.2, 0) is 30.4 Å². The van der Waals surface area contributed by atoms with Gasteiger partial charge in [-0.1, -0.05) is 29.5 Å². The Balaban J connectivity index is 1.39. The first-order valence-electron chi connectivity index (χ1n) is 12.5. The first kappa shape index (κ1) is 28.4. The molecule has 0 bridgehead atoms. The Morgan fingerprint density at radius 3 is 2.44 bits per heavy atom. The standard InChI is InChI=1S/C27H30N4O6S2/c1-3-37-25(34)16-31-21-10-9-19(26(35)36-2)15-22(21)39-27(31)28-23(32)17-38-18-24(33)30-13-11-29(12-14-30)20-7-5-4-6-8-20/h4-10,15H,3,11-14,16-18H2,1-2H3. The Labute approximate surface area is 234 Å². The molecule has 4 rings (SSSR count). The van der Waals surface area contributed by atoms with E-state index in [1.807, 2.05) is 23.1 Å². The normalized spacial score (nSPS) is 13.9.